The van der Waals surface area contributed by atoms with Crippen LogP contribution in [0.25, 0.3) is 6.08 Å². The predicted octanol–water partition coefficient (Wildman–Crippen LogP) is 7.70. The summed E-state index contributed by atoms with van der Waals surface area (Å²) in [5.41, 5.74) is 4.15. The molecular formula is C31H23BrN4O2S2. The number of hydrogen-bond acceptors (Lipinski definition) is 6. The molecule has 1 unspecified atom stereocenters. The number of carbonyl (C=O) groups is 2. The maximum Gasteiger partial charge on any atom is 0.282 e. The van der Waals surface area contributed by atoms with Crippen LogP contribution in [0.5, 0.6) is 0 Å². The highest BCUT2D eigenvalue weighted by Crippen LogP contribution is 2.59. The van der Waals surface area contributed by atoms with Gasteiger partial charge in [0.1, 0.15) is 0 Å². The van der Waals surface area contributed by atoms with E-state index in [2.05, 4.69) is 21.2 Å². The molecule has 1 spiro atoms. The molecule has 198 valence electrons. The van der Waals surface area contributed by atoms with Crippen molar-refractivity contribution in [3.63, 3.8) is 0 Å². The van der Waals surface area contributed by atoms with Crippen molar-refractivity contribution in [2.45, 2.75) is 11.3 Å². The molecule has 4 aromatic rings. The zero-order valence-corrected chi connectivity index (χ0v) is 24.5. The van der Waals surface area contributed by atoms with E-state index < -0.39 is 4.33 Å². The minimum absolute atomic E-state index is 0.163. The first-order valence-electron chi connectivity index (χ1n) is 12.5. The average Bonchev–Trinajstić information content (AvgIpc) is 3.48. The van der Waals surface area contributed by atoms with Gasteiger partial charge in [-0.25, -0.2) is 5.01 Å². The molecule has 2 amide bonds. The third kappa shape index (κ3) is 5.08. The van der Waals surface area contributed by atoms with E-state index in [4.69, 9.17) is 5.10 Å². The van der Waals surface area contributed by atoms with Crippen LogP contribution in [0.15, 0.2) is 124 Å². The number of nitrogens with one attached hydrogen (secondary N) is 1. The molecule has 6 nitrogen and oxygen atoms in total. The summed E-state index contributed by atoms with van der Waals surface area (Å²) in [5, 5.41) is 9.83. The van der Waals surface area contributed by atoms with Crippen LogP contribution in [0.2, 0.25) is 0 Å². The molecule has 2 aliphatic rings. The second-order valence-electron chi connectivity index (χ2n) is 9.16. The van der Waals surface area contributed by atoms with Gasteiger partial charge in [-0.1, -0.05) is 93.9 Å². The Labute approximate surface area is 249 Å². The molecule has 40 heavy (non-hydrogen) atoms. The van der Waals surface area contributed by atoms with Crippen molar-refractivity contribution < 1.29 is 9.59 Å². The van der Waals surface area contributed by atoms with Crippen molar-refractivity contribution in [3.05, 3.63) is 130 Å². The third-order valence-electron chi connectivity index (χ3n) is 6.31. The summed E-state index contributed by atoms with van der Waals surface area (Å²) in [6.45, 7) is 2.02. The number of halogens is 1. The fourth-order valence-corrected chi connectivity index (χ4v) is 7.52. The van der Waals surface area contributed by atoms with E-state index in [1.165, 1.54) is 23.5 Å². The Bertz CT molecular complexity index is 1630. The molecule has 4 aromatic carbocycles. The summed E-state index contributed by atoms with van der Waals surface area (Å²) in [5.74, 6) is -0.500. The number of thioether (sulfide) groups is 2. The van der Waals surface area contributed by atoms with Gasteiger partial charge in [-0.15, -0.1) is 0 Å². The third-order valence-corrected chi connectivity index (χ3v) is 9.56. The molecule has 0 bridgehead atoms. The second-order valence-corrected chi connectivity index (χ2v) is 12.7. The molecule has 0 radical (unpaired) electrons. The molecular weight excluding hydrogens is 604 g/mol. The average molecular weight is 628 g/mol. The molecule has 0 aliphatic carbocycles. The first-order valence-corrected chi connectivity index (χ1v) is 14.9. The summed E-state index contributed by atoms with van der Waals surface area (Å²) in [7, 11) is 0. The van der Waals surface area contributed by atoms with E-state index in [9.17, 15) is 9.59 Å². The number of hydrogen-bond donors (Lipinski definition) is 1. The first-order chi connectivity index (χ1) is 19.4. The molecule has 0 saturated carbocycles. The molecule has 6 rings (SSSR count). The number of aryl methyl sites for hydroxylation is 1. The molecule has 1 fully saturated rings. The maximum atomic E-state index is 14.2. The van der Waals surface area contributed by atoms with E-state index in [1.807, 2.05) is 122 Å². The molecule has 0 aromatic heterocycles. The van der Waals surface area contributed by atoms with Gasteiger partial charge in [0.25, 0.3) is 11.8 Å². The number of anilines is 3. The van der Waals surface area contributed by atoms with Crippen molar-refractivity contribution in [1.82, 2.24) is 0 Å². The highest BCUT2D eigenvalue weighted by molar-refractivity contribution is 9.10. The quantitative estimate of drug-likeness (QED) is 0.230. The number of nitrogens with zero attached hydrogens (tertiary/aromatic N) is 3. The monoisotopic (exact) mass is 626 g/mol. The Balaban J connectivity index is 1.47. The predicted molar refractivity (Wildman–Crippen MR) is 170 cm³/mol. The van der Waals surface area contributed by atoms with Crippen molar-refractivity contribution in [3.8, 4) is 0 Å². The number of para-hydroxylation sites is 2. The summed E-state index contributed by atoms with van der Waals surface area (Å²) in [4.78, 5) is 30.0. The van der Waals surface area contributed by atoms with Crippen LogP contribution in [0.1, 0.15) is 11.1 Å². The highest BCUT2D eigenvalue weighted by Gasteiger charge is 2.60. The highest BCUT2D eigenvalue weighted by atomic mass is 79.9. The normalized spacial score (nSPS) is 19.4. The molecule has 9 heteroatoms. The van der Waals surface area contributed by atoms with Gasteiger partial charge in [0, 0.05) is 15.8 Å². The van der Waals surface area contributed by atoms with Crippen LogP contribution in [0.3, 0.4) is 0 Å². The fraction of sp³-hybridized carbons (Fsp3) is 0.0645. The summed E-state index contributed by atoms with van der Waals surface area (Å²) < 4.78 is -0.139. The van der Waals surface area contributed by atoms with Gasteiger partial charge >= 0.3 is 0 Å². The fourth-order valence-electron chi connectivity index (χ4n) is 4.38. The smallest absolute Gasteiger partial charge is 0.282 e. The van der Waals surface area contributed by atoms with E-state index in [1.54, 1.807) is 9.91 Å². The maximum absolute atomic E-state index is 14.2. The van der Waals surface area contributed by atoms with E-state index >= 15 is 0 Å². The van der Waals surface area contributed by atoms with Gasteiger partial charge in [0.05, 0.1) is 10.6 Å². The second kappa shape index (κ2) is 11.0. The standard InChI is InChI=1S/C31H23BrN4O2S2/c1-21-12-18-26(19-13-21)36-31(40-29(34-36)28(37)33-24-8-4-2-5-9-24)35(25-10-6-3-7-11-25)30(38)27(39-31)20-22-14-16-23(32)17-15-22/h2-20H,1H3,(H,33,37). The zero-order valence-electron chi connectivity index (χ0n) is 21.3. The lowest BCUT2D eigenvalue weighted by atomic mass is 10.2. The van der Waals surface area contributed by atoms with Gasteiger partial charge in [-0.05, 0) is 78.9 Å². The van der Waals surface area contributed by atoms with Crippen LogP contribution in [0.4, 0.5) is 17.1 Å². The van der Waals surface area contributed by atoms with Gasteiger partial charge < -0.3 is 5.32 Å². The van der Waals surface area contributed by atoms with Crippen LogP contribution in [0, 0.1) is 6.92 Å². The SMILES string of the molecule is Cc1ccc(N2N=C(C(=O)Nc3ccccc3)SC23SC(=Cc2ccc(Br)cc2)C(=O)N3c2ccccc2)cc1. The van der Waals surface area contributed by atoms with Gasteiger partial charge in [-0.2, -0.15) is 5.10 Å². The van der Waals surface area contributed by atoms with Crippen molar-refractivity contribution in [2.75, 3.05) is 15.2 Å². The lowest BCUT2D eigenvalue weighted by Gasteiger charge is -2.38. The molecule has 1 saturated heterocycles. The lowest BCUT2D eigenvalue weighted by Crippen LogP contribution is -2.51. The Morgan fingerprint density at radius 2 is 1.50 bits per heavy atom. The minimum atomic E-state index is -1.10. The van der Waals surface area contributed by atoms with Crippen molar-refractivity contribution in [2.24, 2.45) is 5.10 Å². The van der Waals surface area contributed by atoms with E-state index in [0.29, 0.717) is 16.3 Å². The van der Waals surface area contributed by atoms with Crippen LogP contribution >= 0.6 is 39.5 Å². The number of amides is 2. The minimum Gasteiger partial charge on any atom is -0.320 e. The first kappa shape index (κ1) is 26.4. The zero-order chi connectivity index (χ0) is 27.7. The topological polar surface area (TPSA) is 65.0 Å². The lowest BCUT2D eigenvalue weighted by molar-refractivity contribution is -0.114. The number of benzene rings is 4. The van der Waals surface area contributed by atoms with E-state index in [0.717, 1.165) is 21.3 Å². The van der Waals surface area contributed by atoms with Crippen molar-refractivity contribution in [1.29, 1.82) is 0 Å². The number of carbonyl (C=O) groups excluding carboxylic acids is 2. The molecule has 2 heterocycles. The Hall–Kier alpha value is -3.79. The summed E-state index contributed by atoms with van der Waals surface area (Å²) in [6, 6.07) is 34.5. The van der Waals surface area contributed by atoms with Crippen LogP contribution in [-0.4, -0.2) is 21.2 Å². The van der Waals surface area contributed by atoms with Crippen LogP contribution in [-0.2, 0) is 9.59 Å². The van der Waals surface area contributed by atoms with Crippen LogP contribution < -0.4 is 15.2 Å². The Kier molecular flexibility index (Phi) is 7.27. The van der Waals surface area contributed by atoms with Gasteiger partial charge in [0.2, 0.25) is 4.33 Å². The molecule has 1 atom stereocenters. The summed E-state index contributed by atoms with van der Waals surface area (Å²) >= 11 is 6.12. The Morgan fingerprint density at radius 1 is 0.850 bits per heavy atom. The van der Waals surface area contributed by atoms with Crippen molar-refractivity contribution >= 4 is 79.4 Å². The summed E-state index contributed by atoms with van der Waals surface area (Å²) in [6.07, 6.45) is 1.89. The number of rotatable bonds is 5. The van der Waals surface area contributed by atoms with Gasteiger partial charge in [0.15, 0.2) is 5.04 Å². The number of hydrazone groups is 1. The molecule has 1 N–H and O–H groups in total. The van der Waals surface area contributed by atoms with E-state index in [-0.39, 0.29) is 16.9 Å². The van der Waals surface area contributed by atoms with Gasteiger partial charge in [-0.3, -0.25) is 14.5 Å². The largest absolute Gasteiger partial charge is 0.320 e. The Morgan fingerprint density at radius 3 is 2.17 bits per heavy atom. The molecule has 2 aliphatic heterocycles.